The van der Waals surface area contributed by atoms with Gasteiger partial charge in [-0.05, 0) is 32.9 Å². The minimum absolute atomic E-state index is 0.0867. The van der Waals surface area contributed by atoms with Crippen LogP contribution in [0.2, 0.25) is 0 Å². The number of amides is 1. The summed E-state index contributed by atoms with van der Waals surface area (Å²) >= 11 is 0. The van der Waals surface area contributed by atoms with E-state index in [0.717, 1.165) is 24.3 Å². The van der Waals surface area contributed by atoms with Crippen molar-refractivity contribution in [1.29, 1.82) is 0 Å². The number of carbonyl (C=O) groups is 1. The van der Waals surface area contributed by atoms with Crippen LogP contribution in [0.5, 0.6) is 5.75 Å². The summed E-state index contributed by atoms with van der Waals surface area (Å²) in [7, 11) is 0. The van der Waals surface area contributed by atoms with E-state index in [0.29, 0.717) is 0 Å². The Bertz CT molecular complexity index is 405. The first-order valence-electron chi connectivity index (χ1n) is 6.29. The Morgan fingerprint density at radius 3 is 2.83 bits per heavy atom. The first-order valence-corrected chi connectivity index (χ1v) is 6.29. The van der Waals surface area contributed by atoms with E-state index in [4.69, 9.17) is 10.5 Å². The summed E-state index contributed by atoms with van der Waals surface area (Å²) in [6.07, 6.45) is 1.08. The highest BCUT2D eigenvalue weighted by Gasteiger charge is 2.12. The normalized spacial score (nSPS) is 12.2. The number of benzene rings is 1. The number of nitrogens with two attached hydrogens (primary N) is 1. The lowest BCUT2D eigenvalue weighted by Gasteiger charge is -2.18. The number of primary amides is 1. The third-order valence-electron chi connectivity index (χ3n) is 2.70. The number of ether oxygens (including phenoxy) is 1. The Balaban J connectivity index is 2.84. The van der Waals surface area contributed by atoms with Crippen LogP contribution in [0.4, 0.5) is 0 Å². The van der Waals surface area contributed by atoms with E-state index in [2.05, 4.69) is 25.2 Å². The lowest BCUT2D eigenvalue weighted by Crippen LogP contribution is -2.23. The second-order valence-corrected chi connectivity index (χ2v) is 4.47. The van der Waals surface area contributed by atoms with Crippen LogP contribution in [0.25, 0.3) is 0 Å². The van der Waals surface area contributed by atoms with E-state index in [9.17, 15) is 4.79 Å². The molecule has 1 aromatic rings. The number of rotatable bonds is 7. The zero-order valence-electron chi connectivity index (χ0n) is 11.3. The third-order valence-corrected chi connectivity index (χ3v) is 2.70. The molecule has 0 saturated heterocycles. The molecule has 0 fully saturated rings. The van der Waals surface area contributed by atoms with Gasteiger partial charge in [-0.3, -0.25) is 4.79 Å². The molecule has 0 aliphatic heterocycles. The molecule has 0 aliphatic carbocycles. The highest BCUT2D eigenvalue weighted by atomic mass is 16.5. The van der Waals surface area contributed by atoms with E-state index in [-0.39, 0.29) is 12.6 Å². The Morgan fingerprint density at radius 1 is 1.50 bits per heavy atom. The molecular formula is C14H22N2O2. The highest BCUT2D eigenvalue weighted by Crippen LogP contribution is 2.26. The van der Waals surface area contributed by atoms with Crippen molar-refractivity contribution in [3.05, 3.63) is 29.3 Å². The van der Waals surface area contributed by atoms with Gasteiger partial charge >= 0.3 is 0 Å². The number of nitrogens with one attached hydrogen (secondary N) is 1. The van der Waals surface area contributed by atoms with Gasteiger partial charge in [0, 0.05) is 11.6 Å². The molecule has 0 aliphatic rings. The summed E-state index contributed by atoms with van der Waals surface area (Å²) in [4.78, 5) is 10.8. The SMILES string of the molecule is CCCNC(C)c1cc(C)ccc1OCC(N)=O. The van der Waals surface area contributed by atoms with Crippen LogP contribution in [0.1, 0.15) is 37.4 Å². The van der Waals surface area contributed by atoms with Crippen molar-refractivity contribution in [2.45, 2.75) is 33.2 Å². The first-order chi connectivity index (χ1) is 8.54. The Labute approximate surface area is 109 Å². The first kappa shape index (κ1) is 14.5. The Kier molecular flexibility index (Phi) is 5.65. The zero-order chi connectivity index (χ0) is 13.5. The summed E-state index contributed by atoms with van der Waals surface area (Å²) in [5.74, 6) is 0.256. The maximum absolute atomic E-state index is 10.8. The largest absolute Gasteiger partial charge is 0.483 e. The lowest BCUT2D eigenvalue weighted by molar-refractivity contribution is -0.119. The van der Waals surface area contributed by atoms with Gasteiger partial charge in [0.05, 0.1) is 0 Å². The Morgan fingerprint density at radius 2 is 2.22 bits per heavy atom. The minimum atomic E-state index is -0.462. The molecule has 0 aromatic heterocycles. The van der Waals surface area contributed by atoms with Crippen molar-refractivity contribution in [2.24, 2.45) is 5.73 Å². The van der Waals surface area contributed by atoms with Crippen LogP contribution in [0.15, 0.2) is 18.2 Å². The van der Waals surface area contributed by atoms with Crippen molar-refractivity contribution >= 4 is 5.91 Å². The van der Waals surface area contributed by atoms with Crippen molar-refractivity contribution < 1.29 is 9.53 Å². The van der Waals surface area contributed by atoms with Gasteiger partial charge in [0.15, 0.2) is 6.61 Å². The molecule has 1 rings (SSSR count). The van der Waals surface area contributed by atoms with Crippen molar-refractivity contribution in [3.63, 3.8) is 0 Å². The van der Waals surface area contributed by atoms with Gasteiger partial charge in [-0.15, -0.1) is 0 Å². The van der Waals surface area contributed by atoms with E-state index in [1.807, 2.05) is 19.1 Å². The van der Waals surface area contributed by atoms with Crippen molar-refractivity contribution in [3.8, 4) is 5.75 Å². The van der Waals surface area contributed by atoms with Gasteiger partial charge < -0.3 is 15.8 Å². The number of hydrogen-bond acceptors (Lipinski definition) is 3. The molecule has 3 N–H and O–H groups in total. The molecule has 1 aromatic carbocycles. The molecule has 4 nitrogen and oxygen atoms in total. The Hall–Kier alpha value is -1.55. The predicted molar refractivity (Wildman–Crippen MR) is 72.6 cm³/mol. The second-order valence-electron chi connectivity index (χ2n) is 4.47. The molecule has 0 radical (unpaired) electrons. The molecule has 0 saturated carbocycles. The minimum Gasteiger partial charge on any atom is -0.483 e. The van der Waals surface area contributed by atoms with Gasteiger partial charge in [-0.2, -0.15) is 0 Å². The summed E-state index contributed by atoms with van der Waals surface area (Å²) in [6.45, 7) is 7.11. The fourth-order valence-corrected chi connectivity index (χ4v) is 1.76. The predicted octanol–water partition coefficient (Wildman–Crippen LogP) is 1.92. The van der Waals surface area contributed by atoms with Gasteiger partial charge in [-0.1, -0.05) is 24.6 Å². The quantitative estimate of drug-likeness (QED) is 0.777. The van der Waals surface area contributed by atoms with Crippen LogP contribution < -0.4 is 15.8 Å². The van der Waals surface area contributed by atoms with Gasteiger partial charge in [-0.25, -0.2) is 0 Å². The van der Waals surface area contributed by atoms with E-state index in [1.54, 1.807) is 0 Å². The maximum atomic E-state index is 10.8. The molecule has 1 unspecified atom stereocenters. The average molecular weight is 250 g/mol. The maximum Gasteiger partial charge on any atom is 0.255 e. The topological polar surface area (TPSA) is 64.3 Å². The lowest BCUT2D eigenvalue weighted by atomic mass is 10.0. The molecule has 4 heteroatoms. The summed E-state index contributed by atoms with van der Waals surface area (Å²) < 4.78 is 5.44. The molecule has 1 atom stereocenters. The molecule has 1 amide bonds. The van der Waals surface area contributed by atoms with Crippen molar-refractivity contribution in [2.75, 3.05) is 13.2 Å². The summed E-state index contributed by atoms with van der Waals surface area (Å²) in [6, 6.07) is 6.11. The molecule has 0 bridgehead atoms. The van der Waals surface area contributed by atoms with Gasteiger partial charge in [0.25, 0.3) is 5.91 Å². The number of aryl methyl sites for hydroxylation is 1. The standard InChI is InChI=1S/C14H22N2O2/c1-4-7-16-11(3)12-8-10(2)5-6-13(12)18-9-14(15)17/h5-6,8,11,16H,4,7,9H2,1-3H3,(H2,15,17). The molecule has 0 heterocycles. The fraction of sp³-hybridized carbons (Fsp3) is 0.500. The zero-order valence-corrected chi connectivity index (χ0v) is 11.3. The van der Waals surface area contributed by atoms with Crippen molar-refractivity contribution in [1.82, 2.24) is 5.32 Å². The van der Waals surface area contributed by atoms with Crippen LogP contribution in [-0.4, -0.2) is 19.1 Å². The van der Waals surface area contributed by atoms with Gasteiger partial charge in [0.2, 0.25) is 0 Å². The fourth-order valence-electron chi connectivity index (χ4n) is 1.76. The average Bonchev–Trinajstić information content (AvgIpc) is 2.34. The summed E-state index contributed by atoms with van der Waals surface area (Å²) in [5, 5.41) is 3.41. The van der Waals surface area contributed by atoms with E-state index < -0.39 is 5.91 Å². The van der Waals surface area contributed by atoms with Crippen LogP contribution in [0.3, 0.4) is 0 Å². The van der Waals surface area contributed by atoms with Gasteiger partial charge in [0.1, 0.15) is 5.75 Å². The van der Waals surface area contributed by atoms with Crippen LogP contribution >= 0.6 is 0 Å². The van der Waals surface area contributed by atoms with E-state index >= 15 is 0 Å². The molecule has 100 valence electrons. The molecule has 0 spiro atoms. The molecular weight excluding hydrogens is 228 g/mol. The highest BCUT2D eigenvalue weighted by molar-refractivity contribution is 5.75. The van der Waals surface area contributed by atoms with Crippen LogP contribution in [0, 0.1) is 6.92 Å². The summed E-state index contributed by atoms with van der Waals surface area (Å²) in [5.41, 5.74) is 7.33. The van der Waals surface area contributed by atoms with E-state index in [1.165, 1.54) is 5.56 Å². The number of carbonyl (C=O) groups excluding carboxylic acids is 1. The second kappa shape index (κ2) is 7.01. The monoisotopic (exact) mass is 250 g/mol. The molecule has 18 heavy (non-hydrogen) atoms. The third kappa shape index (κ3) is 4.37. The van der Waals surface area contributed by atoms with Crippen LogP contribution in [-0.2, 0) is 4.79 Å². The smallest absolute Gasteiger partial charge is 0.255 e. The number of hydrogen-bond donors (Lipinski definition) is 2.